The molecular formula is C16H26N2. The summed E-state index contributed by atoms with van der Waals surface area (Å²) < 4.78 is 0. The van der Waals surface area contributed by atoms with E-state index in [1.54, 1.807) is 0 Å². The molecule has 100 valence electrons. The molecule has 1 aromatic rings. The van der Waals surface area contributed by atoms with Gasteiger partial charge in [-0.25, -0.2) is 0 Å². The average molecular weight is 246 g/mol. The Balaban J connectivity index is 1.92. The van der Waals surface area contributed by atoms with E-state index in [1.807, 2.05) is 0 Å². The van der Waals surface area contributed by atoms with Gasteiger partial charge < -0.3 is 5.32 Å². The molecule has 0 saturated carbocycles. The van der Waals surface area contributed by atoms with Crippen LogP contribution in [-0.2, 0) is 6.54 Å². The Bertz CT molecular complexity index is 356. The molecule has 0 radical (unpaired) electrons. The van der Waals surface area contributed by atoms with Crippen molar-refractivity contribution in [3.8, 4) is 0 Å². The summed E-state index contributed by atoms with van der Waals surface area (Å²) in [5.74, 6) is 0.628. The molecule has 0 bridgehead atoms. The van der Waals surface area contributed by atoms with E-state index in [0.29, 0.717) is 12.0 Å². The molecule has 0 aliphatic carbocycles. The van der Waals surface area contributed by atoms with Gasteiger partial charge >= 0.3 is 0 Å². The second kappa shape index (κ2) is 6.35. The SMILES string of the molecule is CCC1CN(Cc2ccc(C(C)C)cc2)CCN1. The van der Waals surface area contributed by atoms with Gasteiger partial charge in [0.2, 0.25) is 0 Å². The van der Waals surface area contributed by atoms with Crippen LogP contribution in [0, 0.1) is 0 Å². The van der Waals surface area contributed by atoms with Gasteiger partial charge in [-0.3, -0.25) is 4.90 Å². The first-order valence-electron chi connectivity index (χ1n) is 7.23. The van der Waals surface area contributed by atoms with Crippen molar-refractivity contribution in [2.45, 2.75) is 45.7 Å². The Hall–Kier alpha value is -0.860. The van der Waals surface area contributed by atoms with Gasteiger partial charge in [0, 0.05) is 32.2 Å². The third-order valence-corrected chi connectivity index (χ3v) is 3.88. The lowest BCUT2D eigenvalue weighted by Crippen LogP contribution is -2.49. The normalized spacial score (nSPS) is 21.4. The lowest BCUT2D eigenvalue weighted by atomic mass is 10.0. The van der Waals surface area contributed by atoms with E-state index in [-0.39, 0.29) is 0 Å². The van der Waals surface area contributed by atoms with Gasteiger partial charge in [0.15, 0.2) is 0 Å². The quantitative estimate of drug-likeness (QED) is 0.878. The summed E-state index contributed by atoms with van der Waals surface area (Å²) in [6.07, 6.45) is 1.22. The fraction of sp³-hybridized carbons (Fsp3) is 0.625. The maximum absolute atomic E-state index is 3.57. The highest BCUT2D eigenvalue weighted by Gasteiger charge is 2.17. The van der Waals surface area contributed by atoms with E-state index in [2.05, 4.69) is 55.3 Å². The van der Waals surface area contributed by atoms with Crippen molar-refractivity contribution < 1.29 is 0 Å². The van der Waals surface area contributed by atoms with Crippen LogP contribution in [0.4, 0.5) is 0 Å². The monoisotopic (exact) mass is 246 g/mol. The van der Waals surface area contributed by atoms with Crippen LogP contribution < -0.4 is 5.32 Å². The van der Waals surface area contributed by atoms with E-state index in [0.717, 1.165) is 13.1 Å². The van der Waals surface area contributed by atoms with Gasteiger partial charge in [-0.1, -0.05) is 45.0 Å². The molecule has 0 spiro atoms. The zero-order valence-corrected chi connectivity index (χ0v) is 11.9. The molecule has 2 nitrogen and oxygen atoms in total. The maximum Gasteiger partial charge on any atom is 0.0234 e. The molecule has 0 amide bonds. The van der Waals surface area contributed by atoms with Crippen molar-refractivity contribution in [1.82, 2.24) is 10.2 Å². The summed E-state index contributed by atoms with van der Waals surface area (Å²) in [6.45, 7) is 11.3. The number of benzene rings is 1. The summed E-state index contributed by atoms with van der Waals surface area (Å²) in [4.78, 5) is 2.56. The van der Waals surface area contributed by atoms with Crippen LogP contribution in [-0.4, -0.2) is 30.6 Å². The Morgan fingerprint density at radius 3 is 2.61 bits per heavy atom. The first kappa shape index (κ1) is 13.6. The van der Waals surface area contributed by atoms with E-state index in [1.165, 1.54) is 30.6 Å². The summed E-state index contributed by atoms with van der Waals surface area (Å²) in [6, 6.07) is 9.81. The number of nitrogens with zero attached hydrogens (tertiary/aromatic N) is 1. The minimum atomic E-state index is 0.628. The molecule has 1 N–H and O–H groups in total. The van der Waals surface area contributed by atoms with Gasteiger partial charge in [-0.05, 0) is 23.5 Å². The standard InChI is InChI=1S/C16H26N2/c1-4-16-12-18(10-9-17-16)11-14-5-7-15(8-6-14)13(2)3/h5-8,13,16-17H,4,9-12H2,1-3H3. The van der Waals surface area contributed by atoms with Crippen molar-refractivity contribution in [1.29, 1.82) is 0 Å². The fourth-order valence-corrected chi connectivity index (χ4v) is 2.58. The molecule has 1 unspecified atom stereocenters. The summed E-state index contributed by atoms with van der Waals surface area (Å²) in [5.41, 5.74) is 2.88. The van der Waals surface area contributed by atoms with Crippen LogP contribution in [0.1, 0.15) is 44.2 Å². The number of hydrogen-bond donors (Lipinski definition) is 1. The second-order valence-corrected chi connectivity index (χ2v) is 5.69. The zero-order valence-electron chi connectivity index (χ0n) is 11.9. The lowest BCUT2D eigenvalue weighted by molar-refractivity contribution is 0.190. The van der Waals surface area contributed by atoms with Crippen LogP contribution in [0.15, 0.2) is 24.3 Å². The fourth-order valence-electron chi connectivity index (χ4n) is 2.58. The summed E-state index contributed by atoms with van der Waals surface area (Å²) in [5, 5.41) is 3.57. The van der Waals surface area contributed by atoms with Crippen LogP contribution in [0.25, 0.3) is 0 Å². The lowest BCUT2D eigenvalue weighted by Gasteiger charge is -2.33. The Morgan fingerprint density at radius 1 is 1.28 bits per heavy atom. The Morgan fingerprint density at radius 2 is 2.00 bits per heavy atom. The van der Waals surface area contributed by atoms with Gasteiger partial charge in [0.1, 0.15) is 0 Å². The molecule has 2 heteroatoms. The average Bonchev–Trinajstić information content (AvgIpc) is 2.39. The van der Waals surface area contributed by atoms with Crippen molar-refractivity contribution in [3.05, 3.63) is 35.4 Å². The molecule has 0 aromatic heterocycles. The predicted octanol–water partition coefficient (Wildman–Crippen LogP) is 2.99. The Kier molecular flexibility index (Phi) is 4.79. The minimum absolute atomic E-state index is 0.628. The van der Waals surface area contributed by atoms with Crippen molar-refractivity contribution >= 4 is 0 Å². The smallest absolute Gasteiger partial charge is 0.0234 e. The highest BCUT2D eigenvalue weighted by molar-refractivity contribution is 5.24. The predicted molar refractivity (Wildman–Crippen MR) is 77.9 cm³/mol. The van der Waals surface area contributed by atoms with Gasteiger partial charge in [0.25, 0.3) is 0 Å². The molecule has 1 aliphatic heterocycles. The van der Waals surface area contributed by atoms with Gasteiger partial charge in [-0.2, -0.15) is 0 Å². The molecule has 1 saturated heterocycles. The molecule has 1 aliphatic rings. The van der Waals surface area contributed by atoms with Crippen molar-refractivity contribution in [2.24, 2.45) is 0 Å². The van der Waals surface area contributed by atoms with E-state index < -0.39 is 0 Å². The van der Waals surface area contributed by atoms with Crippen molar-refractivity contribution in [3.63, 3.8) is 0 Å². The van der Waals surface area contributed by atoms with Crippen LogP contribution in [0.2, 0.25) is 0 Å². The second-order valence-electron chi connectivity index (χ2n) is 5.69. The molecule has 1 fully saturated rings. The highest BCUT2D eigenvalue weighted by Crippen LogP contribution is 2.16. The third kappa shape index (κ3) is 3.56. The number of piperazine rings is 1. The maximum atomic E-state index is 3.57. The van der Waals surface area contributed by atoms with Gasteiger partial charge in [-0.15, -0.1) is 0 Å². The minimum Gasteiger partial charge on any atom is -0.311 e. The van der Waals surface area contributed by atoms with Gasteiger partial charge in [0.05, 0.1) is 0 Å². The number of nitrogens with one attached hydrogen (secondary N) is 1. The largest absolute Gasteiger partial charge is 0.311 e. The molecular weight excluding hydrogens is 220 g/mol. The number of hydrogen-bond acceptors (Lipinski definition) is 2. The zero-order chi connectivity index (χ0) is 13.0. The summed E-state index contributed by atoms with van der Waals surface area (Å²) in [7, 11) is 0. The molecule has 1 atom stereocenters. The highest BCUT2D eigenvalue weighted by atomic mass is 15.2. The molecule has 2 rings (SSSR count). The first-order valence-corrected chi connectivity index (χ1v) is 7.23. The van der Waals surface area contributed by atoms with E-state index in [9.17, 15) is 0 Å². The van der Waals surface area contributed by atoms with Crippen molar-refractivity contribution in [2.75, 3.05) is 19.6 Å². The summed E-state index contributed by atoms with van der Waals surface area (Å²) >= 11 is 0. The van der Waals surface area contributed by atoms with E-state index >= 15 is 0 Å². The Labute approximate surface area is 111 Å². The third-order valence-electron chi connectivity index (χ3n) is 3.88. The van der Waals surface area contributed by atoms with Crippen LogP contribution >= 0.6 is 0 Å². The number of rotatable bonds is 4. The van der Waals surface area contributed by atoms with E-state index in [4.69, 9.17) is 0 Å². The molecule has 1 aromatic carbocycles. The van der Waals surface area contributed by atoms with Crippen LogP contribution in [0.3, 0.4) is 0 Å². The topological polar surface area (TPSA) is 15.3 Å². The molecule has 1 heterocycles. The van der Waals surface area contributed by atoms with Crippen LogP contribution in [0.5, 0.6) is 0 Å². The molecule has 18 heavy (non-hydrogen) atoms. The first-order chi connectivity index (χ1) is 8.69.